The molecule has 1 N–H and O–H groups in total. The number of aromatic nitrogens is 3. The highest BCUT2D eigenvalue weighted by Gasteiger charge is 2.42. The van der Waals surface area contributed by atoms with E-state index in [-0.39, 0.29) is 28.8 Å². The van der Waals surface area contributed by atoms with Crippen LogP contribution in [0.3, 0.4) is 0 Å². The van der Waals surface area contributed by atoms with Gasteiger partial charge in [-0.15, -0.1) is 0 Å². The zero-order valence-electron chi connectivity index (χ0n) is 20.0. The van der Waals surface area contributed by atoms with Crippen molar-refractivity contribution in [2.45, 2.75) is 56.8 Å². The van der Waals surface area contributed by atoms with Crippen molar-refractivity contribution >= 4 is 27.3 Å². The Balaban J connectivity index is 1.46. The molecule has 3 aromatic rings. The van der Waals surface area contributed by atoms with Crippen molar-refractivity contribution in [1.82, 2.24) is 15.2 Å². The first-order valence-corrected chi connectivity index (χ1v) is 13.3. The Morgan fingerprint density at radius 3 is 2.40 bits per heavy atom. The van der Waals surface area contributed by atoms with Gasteiger partial charge in [-0.3, -0.25) is 9.59 Å². The summed E-state index contributed by atoms with van der Waals surface area (Å²) in [6.45, 7) is 5.49. The molecular weight excluding hydrogens is 464 g/mol. The van der Waals surface area contributed by atoms with Crippen LogP contribution in [0.15, 0.2) is 53.4 Å². The first kappa shape index (κ1) is 24.7. The predicted molar refractivity (Wildman–Crippen MR) is 132 cm³/mol. The second-order valence-electron chi connectivity index (χ2n) is 8.89. The Hall–Kier alpha value is -3.46. The summed E-state index contributed by atoms with van der Waals surface area (Å²) >= 11 is 0. The van der Waals surface area contributed by atoms with Gasteiger partial charge in [0.25, 0.3) is 0 Å². The number of benzene rings is 1. The first-order valence-electron chi connectivity index (χ1n) is 11.7. The lowest BCUT2D eigenvalue weighted by Gasteiger charge is -2.32. The van der Waals surface area contributed by atoms with E-state index >= 15 is 0 Å². The third-order valence-corrected chi connectivity index (χ3v) is 8.27. The molecule has 2 heterocycles. The van der Waals surface area contributed by atoms with Crippen molar-refractivity contribution in [2.24, 2.45) is 0 Å². The van der Waals surface area contributed by atoms with Gasteiger partial charge < -0.3 is 5.32 Å². The van der Waals surface area contributed by atoms with Crippen LogP contribution in [0.2, 0.25) is 0 Å². The van der Waals surface area contributed by atoms with Gasteiger partial charge in [-0.25, -0.2) is 13.4 Å². The maximum Gasteiger partial charge on any atom is 0.229 e. The highest BCUT2D eigenvalue weighted by atomic mass is 32.2. The smallest absolute Gasteiger partial charge is 0.229 e. The van der Waals surface area contributed by atoms with E-state index in [0.29, 0.717) is 41.2 Å². The van der Waals surface area contributed by atoms with E-state index in [0.717, 1.165) is 12.1 Å². The molecule has 1 atom stereocenters. The molecule has 0 fully saturated rings. The predicted octanol–water partition coefficient (Wildman–Crippen LogP) is 3.50. The number of nitrogens with zero attached hydrogens (tertiary/aromatic N) is 3. The number of aryl methyl sites for hydroxylation is 2. The molecule has 1 aromatic carbocycles. The molecule has 0 saturated carbocycles. The second kappa shape index (κ2) is 9.65. The molecule has 4 rings (SSSR count). The molecule has 1 unspecified atom stereocenters. The number of hydrogen-bond acceptors (Lipinski definition) is 7. The maximum atomic E-state index is 13.3. The first-order chi connectivity index (χ1) is 16.7. The van der Waals surface area contributed by atoms with Crippen LogP contribution in [-0.4, -0.2) is 41.0 Å². The standard InChI is InChI=1S/C26H28N4O4S/c1-4-18-8-12-22(30-29-18)26(3)15-14-21-20(25(26)32)11-13-23(27-21)28-24(31)16-17-6-9-19(10-7-17)35(33,34)5-2/h6-13H,4-5,14-16H2,1-3H3,(H,27,28,31). The Bertz CT molecular complexity index is 1370. The van der Waals surface area contributed by atoms with Crippen LogP contribution in [0.1, 0.15) is 60.2 Å². The van der Waals surface area contributed by atoms with Gasteiger partial charge in [0.15, 0.2) is 15.6 Å². The highest BCUT2D eigenvalue weighted by Crippen LogP contribution is 2.37. The average Bonchev–Trinajstić information content (AvgIpc) is 2.86. The van der Waals surface area contributed by atoms with E-state index in [1.807, 2.05) is 26.0 Å². The fraction of sp³-hybridized carbons (Fsp3) is 0.346. The Kier molecular flexibility index (Phi) is 6.80. The number of fused-ring (bicyclic) bond motifs is 1. The summed E-state index contributed by atoms with van der Waals surface area (Å²) in [5.41, 5.74) is 2.64. The number of nitrogens with one attached hydrogen (secondary N) is 1. The summed E-state index contributed by atoms with van der Waals surface area (Å²) < 4.78 is 23.9. The molecule has 0 saturated heterocycles. The molecule has 1 amide bonds. The van der Waals surface area contributed by atoms with Crippen molar-refractivity contribution in [3.8, 4) is 0 Å². The number of carbonyl (C=O) groups is 2. The zero-order valence-corrected chi connectivity index (χ0v) is 20.9. The minimum atomic E-state index is -3.28. The number of sulfone groups is 1. The molecule has 1 aliphatic rings. The van der Waals surface area contributed by atoms with Crippen molar-refractivity contribution in [2.75, 3.05) is 11.1 Å². The number of carbonyl (C=O) groups excluding carboxylic acids is 2. The Morgan fingerprint density at radius 2 is 1.77 bits per heavy atom. The van der Waals surface area contributed by atoms with Gasteiger partial charge >= 0.3 is 0 Å². The van der Waals surface area contributed by atoms with Crippen molar-refractivity contribution in [1.29, 1.82) is 0 Å². The number of amides is 1. The van der Waals surface area contributed by atoms with Crippen molar-refractivity contribution < 1.29 is 18.0 Å². The Labute approximate surface area is 205 Å². The number of ketones is 1. The molecule has 0 spiro atoms. The van der Waals surface area contributed by atoms with E-state index in [1.54, 1.807) is 31.2 Å². The number of Topliss-reactive ketones (excluding diaryl/α,β-unsaturated/α-hetero) is 1. The van der Waals surface area contributed by atoms with Crippen LogP contribution in [0.5, 0.6) is 0 Å². The summed E-state index contributed by atoms with van der Waals surface area (Å²) in [5.74, 6) is 0.0749. The third-order valence-electron chi connectivity index (χ3n) is 6.52. The van der Waals surface area contributed by atoms with E-state index in [9.17, 15) is 18.0 Å². The topological polar surface area (TPSA) is 119 Å². The van der Waals surface area contributed by atoms with Crippen LogP contribution in [-0.2, 0) is 39.3 Å². The number of pyridine rings is 1. The number of anilines is 1. The summed E-state index contributed by atoms with van der Waals surface area (Å²) in [4.78, 5) is 30.7. The normalized spacial score (nSPS) is 17.6. The molecule has 9 heteroatoms. The van der Waals surface area contributed by atoms with Crippen LogP contribution < -0.4 is 5.32 Å². The van der Waals surface area contributed by atoms with Crippen molar-refractivity contribution in [3.63, 3.8) is 0 Å². The quantitative estimate of drug-likeness (QED) is 0.536. The fourth-order valence-corrected chi connectivity index (χ4v) is 5.07. The number of rotatable bonds is 7. The van der Waals surface area contributed by atoms with Gasteiger partial charge in [0.2, 0.25) is 5.91 Å². The van der Waals surface area contributed by atoms with Gasteiger partial charge in [0, 0.05) is 5.56 Å². The van der Waals surface area contributed by atoms with Gasteiger partial charge in [0.1, 0.15) is 5.82 Å². The third kappa shape index (κ3) is 5.00. The fourth-order valence-electron chi connectivity index (χ4n) is 4.19. The minimum Gasteiger partial charge on any atom is -0.310 e. The molecule has 1 aliphatic carbocycles. The molecule has 35 heavy (non-hydrogen) atoms. The largest absolute Gasteiger partial charge is 0.310 e. The van der Waals surface area contributed by atoms with Gasteiger partial charge in [-0.2, -0.15) is 10.2 Å². The van der Waals surface area contributed by atoms with Gasteiger partial charge in [-0.1, -0.05) is 26.0 Å². The number of hydrogen-bond donors (Lipinski definition) is 1. The molecule has 0 bridgehead atoms. The SMILES string of the molecule is CCc1ccc(C2(C)CCc3nc(NC(=O)Cc4ccc(S(=O)(=O)CC)cc4)ccc3C2=O)nn1. The molecule has 8 nitrogen and oxygen atoms in total. The van der Waals surface area contributed by atoms with Crippen LogP contribution in [0.25, 0.3) is 0 Å². The van der Waals surface area contributed by atoms with E-state index < -0.39 is 15.3 Å². The van der Waals surface area contributed by atoms with Crippen LogP contribution in [0.4, 0.5) is 5.82 Å². The Morgan fingerprint density at radius 1 is 1.03 bits per heavy atom. The monoisotopic (exact) mass is 492 g/mol. The minimum absolute atomic E-state index is 0.0248. The summed E-state index contributed by atoms with van der Waals surface area (Å²) in [5, 5.41) is 11.3. The zero-order chi connectivity index (χ0) is 25.2. The molecule has 2 aromatic heterocycles. The molecule has 182 valence electrons. The summed E-state index contributed by atoms with van der Waals surface area (Å²) in [7, 11) is -3.28. The average molecular weight is 493 g/mol. The lowest BCUT2D eigenvalue weighted by Crippen LogP contribution is -2.39. The van der Waals surface area contributed by atoms with Gasteiger partial charge in [-0.05, 0) is 68.1 Å². The summed E-state index contributed by atoms with van der Waals surface area (Å²) in [6, 6.07) is 13.4. The second-order valence-corrected chi connectivity index (χ2v) is 11.2. The van der Waals surface area contributed by atoms with Crippen LogP contribution in [0, 0.1) is 0 Å². The van der Waals surface area contributed by atoms with E-state index in [2.05, 4.69) is 20.5 Å². The molecule has 0 radical (unpaired) electrons. The molecule has 0 aliphatic heterocycles. The maximum absolute atomic E-state index is 13.3. The summed E-state index contributed by atoms with van der Waals surface area (Å²) in [6.07, 6.45) is 1.99. The highest BCUT2D eigenvalue weighted by molar-refractivity contribution is 7.91. The van der Waals surface area contributed by atoms with Crippen molar-refractivity contribution in [3.05, 3.63) is 76.7 Å². The van der Waals surface area contributed by atoms with Crippen LogP contribution >= 0.6 is 0 Å². The van der Waals surface area contributed by atoms with E-state index in [1.165, 1.54) is 12.1 Å². The lowest BCUT2D eigenvalue weighted by molar-refractivity contribution is -0.115. The lowest BCUT2D eigenvalue weighted by atomic mass is 9.71. The van der Waals surface area contributed by atoms with E-state index in [4.69, 9.17) is 0 Å². The molecular formula is C26H28N4O4S. The van der Waals surface area contributed by atoms with Gasteiger partial charge in [0.05, 0.1) is 39.6 Å².